The fraction of sp³-hybridized carbons (Fsp3) is 0.940. The van der Waals surface area contributed by atoms with Crippen LogP contribution in [0.2, 0.25) is 0 Å². The van der Waals surface area contributed by atoms with Crippen LogP contribution in [0.4, 0.5) is 0 Å². The lowest BCUT2D eigenvalue weighted by atomic mass is 10.0. The van der Waals surface area contributed by atoms with Crippen LogP contribution in [0.1, 0.15) is 457 Å². The molecule has 0 aromatic heterocycles. The van der Waals surface area contributed by atoms with E-state index in [1.807, 2.05) is 21.1 Å². The second-order valence-corrected chi connectivity index (χ2v) is 32.0. The molecule has 3 atom stereocenters. The molecule has 93 heavy (non-hydrogen) atoms. The molecule has 9 heteroatoms. The molecule has 0 aromatic rings. The first kappa shape index (κ1) is 92.0. The number of allylic oxidation sites excluding steroid dienone is 4. The zero-order valence-corrected chi connectivity index (χ0v) is 64.7. The smallest absolute Gasteiger partial charge is 0.391 e. The van der Waals surface area contributed by atoms with E-state index in [1.165, 1.54) is 385 Å². The van der Waals surface area contributed by atoms with Crippen molar-refractivity contribution in [2.45, 2.75) is 469 Å². The van der Waals surface area contributed by atoms with Gasteiger partial charge < -0.3 is 19.8 Å². The molecule has 0 saturated carbocycles. The molecule has 3 N–H and O–H groups in total. The Morgan fingerprint density at radius 3 is 0.882 bits per heavy atom. The topological polar surface area (TPSA) is 105 Å². The second kappa shape index (κ2) is 75.2. The number of phosphoric acid groups is 1. The van der Waals surface area contributed by atoms with Crippen LogP contribution in [0.25, 0.3) is 0 Å². The maximum Gasteiger partial charge on any atom is 0.472 e. The van der Waals surface area contributed by atoms with Gasteiger partial charge >= 0.3 is 7.82 Å². The summed E-state index contributed by atoms with van der Waals surface area (Å²) in [4.78, 5) is 23.6. The number of rotatable bonds is 80. The van der Waals surface area contributed by atoms with Crippen LogP contribution >= 0.6 is 7.82 Å². The van der Waals surface area contributed by atoms with Crippen molar-refractivity contribution in [3.8, 4) is 0 Å². The SMILES string of the molecule is CCCCCCC/C=C\C/C=C\CCCCCCCCCCCCCCCCCCCCCCCCCCCCCCCC(=O)NC(COP(=O)(O)OCC[N+](C)(C)C)C(O)CCCCCCCCCCCCCCCCCCCCCCCCCCCCCCCC. The summed E-state index contributed by atoms with van der Waals surface area (Å²) in [5, 5.41) is 14.2. The van der Waals surface area contributed by atoms with Gasteiger partial charge in [0.05, 0.1) is 39.9 Å². The zero-order valence-electron chi connectivity index (χ0n) is 63.8. The van der Waals surface area contributed by atoms with Gasteiger partial charge in [-0.15, -0.1) is 0 Å². The minimum atomic E-state index is -4.33. The fourth-order valence-electron chi connectivity index (χ4n) is 13.4. The lowest BCUT2D eigenvalue weighted by Gasteiger charge is -2.26. The highest BCUT2D eigenvalue weighted by molar-refractivity contribution is 7.47. The molecule has 0 aliphatic heterocycles. The third-order valence-corrected chi connectivity index (χ3v) is 20.9. The number of amides is 1. The average Bonchev–Trinajstić information content (AvgIpc) is 2.75. The Labute approximate surface area is 583 Å². The highest BCUT2D eigenvalue weighted by Gasteiger charge is 2.28. The number of nitrogens with one attached hydrogen (secondary N) is 1. The van der Waals surface area contributed by atoms with Gasteiger partial charge in [-0.1, -0.05) is 430 Å². The first-order valence-corrected chi connectivity index (χ1v) is 43.7. The monoisotopic (exact) mass is 1330 g/mol. The van der Waals surface area contributed by atoms with Gasteiger partial charge in [0.25, 0.3) is 0 Å². The summed E-state index contributed by atoms with van der Waals surface area (Å²) in [6, 6.07) is -0.760. The van der Waals surface area contributed by atoms with E-state index in [1.54, 1.807) is 0 Å². The Balaban J connectivity index is 3.85. The molecule has 0 radical (unpaired) electrons. The van der Waals surface area contributed by atoms with Crippen LogP contribution in [-0.4, -0.2) is 73.4 Å². The van der Waals surface area contributed by atoms with Crippen molar-refractivity contribution in [3.05, 3.63) is 24.3 Å². The standard InChI is InChI=1S/C84H167N2O6P/c1-6-8-10-12-14-16-18-20-22-24-26-28-30-32-34-36-38-39-40-41-42-43-44-45-46-47-48-50-52-54-56-58-60-62-64-66-68-70-72-74-76-78-84(88)85-82(81-92-93(89,90)91-80-79-86(3,4)5)83(87)77-75-73-71-69-67-65-63-61-59-57-55-53-51-49-37-35-33-31-29-27-25-23-21-19-17-15-13-11-9-7-2/h18,20,24,26,82-83,87H,6-17,19,21-23,25,27-81H2,1-5H3,(H-,85,88,89,90)/p+1/b20-18-,26-24-. The Morgan fingerprint density at radius 1 is 0.366 bits per heavy atom. The van der Waals surface area contributed by atoms with Gasteiger partial charge in [0.1, 0.15) is 13.2 Å². The number of nitrogens with zero attached hydrogens (tertiary/aromatic N) is 1. The van der Waals surface area contributed by atoms with Crippen LogP contribution in [-0.2, 0) is 18.4 Å². The molecule has 0 aliphatic rings. The van der Waals surface area contributed by atoms with Crippen molar-refractivity contribution in [2.24, 2.45) is 0 Å². The Bertz CT molecular complexity index is 1570. The maximum atomic E-state index is 13.1. The minimum absolute atomic E-state index is 0.0786. The molecule has 0 fully saturated rings. The lowest BCUT2D eigenvalue weighted by Crippen LogP contribution is -2.46. The Hall–Kier alpha value is -1.02. The van der Waals surface area contributed by atoms with E-state index >= 15 is 0 Å². The van der Waals surface area contributed by atoms with E-state index in [0.717, 1.165) is 44.9 Å². The number of hydrogen-bond acceptors (Lipinski definition) is 5. The quantitative estimate of drug-likeness (QED) is 0.0243. The number of quaternary nitrogens is 1. The minimum Gasteiger partial charge on any atom is -0.391 e. The van der Waals surface area contributed by atoms with Gasteiger partial charge in [-0.25, -0.2) is 4.57 Å². The van der Waals surface area contributed by atoms with E-state index < -0.39 is 20.0 Å². The van der Waals surface area contributed by atoms with Gasteiger partial charge in [-0.05, 0) is 44.9 Å². The molecule has 0 heterocycles. The van der Waals surface area contributed by atoms with Crippen molar-refractivity contribution in [1.82, 2.24) is 5.32 Å². The van der Waals surface area contributed by atoms with Gasteiger partial charge in [0, 0.05) is 6.42 Å². The third kappa shape index (κ3) is 78.2. The summed E-state index contributed by atoms with van der Waals surface area (Å²) in [6.45, 7) is 4.96. The van der Waals surface area contributed by atoms with Crippen LogP contribution < -0.4 is 5.32 Å². The summed E-state index contributed by atoms with van der Waals surface area (Å²) < 4.78 is 24.0. The van der Waals surface area contributed by atoms with Crippen LogP contribution in [0.5, 0.6) is 0 Å². The van der Waals surface area contributed by atoms with Crippen LogP contribution in [0.3, 0.4) is 0 Å². The van der Waals surface area contributed by atoms with Crippen molar-refractivity contribution in [3.63, 3.8) is 0 Å². The molecule has 0 aliphatic carbocycles. The summed E-state index contributed by atoms with van der Waals surface area (Å²) in [7, 11) is 1.64. The molecule has 0 rings (SSSR count). The normalized spacial score (nSPS) is 13.5. The summed E-state index contributed by atoms with van der Waals surface area (Å²) in [5.74, 6) is -0.132. The number of unbranched alkanes of at least 4 members (excludes halogenated alkanes) is 63. The number of hydrogen-bond donors (Lipinski definition) is 3. The van der Waals surface area contributed by atoms with E-state index in [2.05, 4.69) is 43.5 Å². The predicted octanol–water partition coefficient (Wildman–Crippen LogP) is 27.7. The number of carbonyl (C=O) groups is 1. The molecule has 3 unspecified atom stereocenters. The summed E-state index contributed by atoms with van der Waals surface area (Å²) in [5.41, 5.74) is 0. The highest BCUT2D eigenvalue weighted by atomic mass is 31.2. The average molecular weight is 1330 g/mol. The molecule has 8 nitrogen and oxygen atoms in total. The second-order valence-electron chi connectivity index (χ2n) is 30.6. The van der Waals surface area contributed by atoms with E-state index in [9.17, 15) is 19.4 Å². The van der Waals surface area contributed by atoms with Gasteiger partial charge in [-0.3, -0.25) is 13.8 Å². The molecule has 1 amide bonds. The first-order valence-electron chi connectivity index (χ1n) is 42.2. The molecule has 0 spiro atoms. The number of aliphatic hydroxyl groups is 1. The molecular formula is C84H168N2O6P+. The van der Waals surface area contributed by atoms with Crippen molar-refractivity contribution < 1.29 is 32.9 Å². The zero-order chi connectivity index (χ0) is 67.6. The Morgan fingerprint density at radius 2 is 0.613 bits per heavy atom. The first-order chi connectivity index (χ1) is 45.5. The number of phosphoric ester groups is 1. The molecule has 0 saturated heterocycles. The van der Waals surface area contributed by atoms with Crippen molar-refractivity contribution in [2.75, 3.05) is 40.9 Å². The Kier molecular flexibility index (Phi) is 74.4. The van der Waals surface area contributed by atoms with Gasteiger partial charge in [-0.2, -0.15) is 0 Å². The van der Waals surface area contributed by atoms with Crippen LogP contribution in [0.15, 0.2) is 24.3 Å². The van der Waals surface area contributed by atoms with Crippen molar-refractivity contribution >= 4 is 13.7 Å². The largest absolute Gasteiger partial charge is 0.472 e. The van der Waals surface area contributed by atoms with Crippen molar-refractivity contribution in [1.29, 1.82) is 0 Å². The number of likely N-dealkylation sites (N-methyl/N-ethyl adjacent to an activating group) is 1. The lowest BCUT2D eigenvalue weighted by molar-refractivity contribution is -0.870. The molecule has 0 aromatic carbocycles. The van der Waals surface area contributed by atoms with E-state index in [-0.39, 0.29) is 19.1 Å². The van der Waals surface area contributed by atoms with Crippen LogP contribution in [0, 0.1) is 0 Å². The highest BCUT2D eigenvalue weighted by Crippen LogP contribution is 2.43. The molecule has 554 valence electrons. The molecular weight excluding hydrogens is 1160 g/mol. The summed E-state index contributed by atoms with van der Waals surface area (Å²) >= 11 is 0. The van der Waals surface area contributed by atoms with E-state index in [0.29, 0.717) is 23.9 Å². The van der Waals surface area contributed by atoms with Gasteiger partial charge in [0.15, 0.2) is 0 Å². The third-order valence-electron chi connectivity index (χ3n) is 20.0. The number of carbonyl (C=O) groups excluding carboxylic acids is 1. The predicted molar refractivity (Wildman–Crippen MR) is 411 cm³/mol. The summed E-state index contributed by atoms with van der Waals surface area (Å²) in [6.07, 6.45) is 101. The number of aliphatic hydroxyl groups excluding tert-OH is 1. The van der Waals surface area contributed by atoms with Gasteiger partial charge in [0.2, 0.25) is 5.91 Å². The maximum absolute atomic E-state index is 13.1. The van der Waals surface area contributed by atoms with E-state index in [4.69, 9.17) is 9.05 Å². The molecule has 0 bridgehead atoms. The fourth-order valence-corrected chi connectivity index (χ4v) is 14.2.